The van der Waals surface area contributed by atoms with Gasteiger partial charge in [0.2, 0.25) is 5.75 Å². The van der Waals surface area contributed by atoms with Crippen molar-refractivity contribution in [2.24, 2.45) is 0 Å². The lowest BCUT2D eigenvalue weighted by molar-refractivity contribution is 0.104. The number of rotatable bonds is 7. The molecule has 0 aliphatic carbocycles. The number of ether oxygens (including phenoxy) is 3. The number of phenolic OH excluding ortho intramolecular Hbond substituents is 1. The van der Waals surface area contributed by atoms with Crippen LogP contribution in [-0.4, -0.2) is 37.2 Å². The first-order valence-corrected chi connectivity index (χ1v) is 9.26. The molecular weight excluding hydrogens is 382 g/mol. The standard InChI is InChI=1S/C24H23NO5/c1-15-8-9-16(12-21(15)27)19-7-5-6-18(25-19)10-11-20(26)17-13-22(28-2)24(30-4)23(14-17)29-3/h5-14,27H,1-4H3/b11-10+. The van der Waals surface area contributed by atoms with E-state index in [9.17, 15) is 9.90 Å². The van der Waals surface area contributed by atoms with Gasteiger partial charge in [0.25, 0.3) is 0 Å². The first-order valence-electron chi connectivity index (χ1n) is 9.26. The number of hydrogen-bond donors (Lipinski definition) is 1. The third-order valence-corrected chi connectivity index (χ3v) is 4.63. The third-order valence-electron chi connectivity index (χ3n) is 4.63. The summed E-state index contributed by atoms with van der Waals surface area (Å²) in [7, 11) is 4.51. The van der Waals surface area contributed by atoms with Crippen LogP contribution in [0.1, 0.15) is 21.6 Å². The van der Waals surface area contributed by atoms with Crippen LogP contribution in [-0.2, 0) is 0 Å². The second-order valence-corrected chi connectivity index (χ2v) is 6.56. The molecule has 1 N–H and O–H groups in total. The Hall–Kier alpha value is -3.80. The van der Waals surface area contributed by atoms with Gasteiger partial charge in [-0.15, -0.1) is 0 Å². The van der Waals surface area contributed by atoms with Crippen LogP contribution in [0.25, 0.3) is 17.3 Å². The lowest BCUT2D eigenvalue weighted by atomic mass is 10.1. The average molecular weight is 405 g/mol. The number of benzene rings is 2. The number of allylic oxidation sites excluding steroid dienone is 1. The van der Waals surface area contributed by atoms with Crippen LogP contribution in [0.15, 0.2) is 54.6 Å². The van der Waals surface area contributed by atoms with E-state index in [2.05, 4.69) is 4.98 Å². The van der Waals surface area contributed by atoms with Crippen molar-refractivity contribution in [3.63, 3.8) is 0 Å². The van der Waals surface area contributed by atoms with Crippen molar-refractivity contribution in [3.05, 3.63) is 71.4 Å². The number of methoxy groups -OCH3 is 3. The smallest absolute Gasteiger partial charge is 0.203 e. The maximum absolute atomic E-state index is 12.7. The number of hydrogen-bond acceptors (Lipinski definition) is 6. The molecule has 0 aliphatic heterocycles. The summed E-state index contributed by atoms with van der Waals surface area (Å²) in [6, 6.07) is 14.1. The number of aryl methyl sites for hydroxylation is 1. The van der Waals surface area contributed by atoms with Crippen molar-refractivity contribution < 1.29 is 24.1 Å². The van der Waals surface area contributed by atoms with E-state index in [1.807, 2.05) is 31.2 Å². The Balaban J connectivity index is 1.87. The fourth-order valence-corrected chi connectivity index (χ4v) is 2.95. The normalized spacial score (nSPS) is 10.8. The summed E-state index contributed by atoms with van der Waals surface area (Å²) < 4.78 is 15.9. The van der Waals surface area contributed by atoms with Crippen LogP contribution in [0, 0.1) is 6.92 Å². The topological polar surface area (TPSA) is 77.9 Å². The van der Waals surface area contributed by atoms with Crippen LogP contribution in [0.5, 0.6) is 23.0 Å². The number of nitrogens with zero attached hydrogens (tertiary/aromatic N) is 1. The van der Waals surface area contributed by atoms with E-state index in [0.29, 0.717) is 34.2 Å². The number of carbonyl (C=O) groups is 1. The van der Waals surface area contributed by atoms with Gasteiger partial charge in [-0.1, -0.05) is 18.2 Å². The zero-order valence-corrected chi connectivity index (χ0v) is 17.3. The molecule has 0 spiro atoms. The van der Waals surface area contributed by atoms with E-state index >= 15 is 0 Å². The van der Waals surface area contributed by atoms with E-state index in [0.717, 1.165) is 11.1 Å². The molecule has 30 heavy (non-hydrogen) atoms. The van der Waals surface area contributed by atoms with Gasteiger partial charge in [-0.3, -0.25) is 4.79 Å². The Kier molecular flexibility index (Phi) is 6.37. The first-order chi connectivity index (χ1) is 14.5. The lowest BCUT2D eigenvalue weighted by Crippen LogP contribution is -2.00. The molecule has 154 valence electrons. The molecule has 1 aromatic heterocycles. The minimum atomic E-state index is -0.227. The third kappa shape index (κ3) is 4.43. The second kappa shape index (κ2) is 9.13. The van der Waals surface area contributed by atoms with Crippen molar-refractivity contribution in [1.82, 2.24) is 4.98 Å². The number of ketones is 1. The van der Waals surface area contributed by atoms with Gasteiger partial charge in [0.15, 0.2) is 17.3 Å². The van der Waals surface area contributed by atoms with Gasteiger partial charge in [0, 0.05) is 11.1 Å². The van der Waals surface area contributed by atoms with E-state index in [-0.39, 0.29) is 11.5 Å². The molecule has 0 radical (unpaired) electrons. The highest BCUT2D eigenvalue weighted by Crippen LogP contribution is 2.38. The van der Waals surface area contributed by atoms with Crippen molar-refractivity contribution in [3.8, 4) is 34.3 Å². The lowest BCUT2D eigenvalue weighted by Gasteiger charge is -2.13. The van der Waals surface area contributed by atoms with Crippen molar-refractivity contribution in [1.29, 1.82) is 0 Å². The van der Waals surface area contributed by atoms with Crippen LogP contribution in [0.2, 0.25) is 0 Å². The Bertz CT molecular complexity index is 1080. The maximum Gasteiger partial charge on any atom is 0.203 e. The van der Waals surface area contributed by atoms with Gasteiger partial charge in [0.05, 0.1) is 32.7 Å². The molecule has 6 heteroatoms. The first kappa shape index (κ1) is 20.9. The molecule has 0 saturated carbocycles. The van der Waals surface area contributed by atoms with Gasteiger partial charge in [0.1, 0.15) is 5.75 Å². The van der Waals surface area contributed by atoms with Gasteiger partial charge >= 0.3 is 0 Å². The largest absolute Gasteiger partial charge is 0.508 e. The predicted molar refractivity (Wildman–Crippen MR) is 116 cm³/mol. The fourth-order valence-electron chi connectivity index (χ4n) is 2.95. The van der Waals surface area contributed by atoms with Gasteiger partial charge in [-0.2, -0.15) is 0 Å². The summed E-state index contributed by atoms with van der Waals surface area (Å²) in [5, 5.41) is 9.94. The molecular formula is C24H23NO5. The SMILES string of the molecule is COc1cc(C(=O)/C=C/c2cccc(-c3ccc(C)c(O)c3)n2)cc(OC)c1OC. The number of pyridine rings is 1. The van der Waals surface area contributed by atoms with E-state index in [1.165, 1.54) is 27.4 Å². The van der Waals surface area contributed by atoms with Crippen molar-refractivity contribution >= 4 is 11.9 Å². The summed E-state index contributed by atoms with van der Waals surface area (Å²) in [6.07, 6.45) is 3.09. The number of aromatic hydroxyl groups is 1. The van der Waals surface area contributed by atoms with Crippen molar-refractivity contribution in [2.45, 2.75) is 6.92 Å². The molecule has 0 saturated heterocycles. The molecule has 0 fully saturated rings. The highest BCUT2D eigenvalue weighted by molar-refractivity contribution is 6.07. The van der Waals surface area contributed by atoms with E-state index in [1.54, 1.807) is 30.3 Å². The molecule has 1 heterocycles. The van der Waals surface area contributed by atoms with Crippen LogP contribution in [0.4, 0.5) is 0 Å². The van der Waals surface area contributed by atoms with Crippen LogP contribution >= 0.6 is 0 Å². The Morgan fingerprint density at radius 1 is 0.967 bits per heavy atom. The average Bonchev–Trinajstić information content (AvgIpc) is 2.78. The Labute approximate surface area is 175 Å². The number of aromatic nitrogens is 1. The Morgan fingerprint density at radius 2 is 1.67 bits per heavy atom. The second-order valence-electron chi connectivity index (χ2n) is 6.56. The minimum Gasteiger partial charge on any atom is -0.508 e. The maximum atomic E-state index is 12.7. The monoisotopic (exact) mass is 405 g/mol. The molecule has 0 unspecified atom stereocenters. The quantitative estimate of drug-likeness (QED) is 0.454. The van der Waals surface area contributed by atoms with Crippen LogP contribution < -0.4 is 14.2 Å². The van der Waals surface area contributed by atoms with E-state index in [4.69, 9.17) is 14.2 Å². The van der Waals surface area contributed by atoms with Crippen molar-refractivity contribution in [2.75, 3.05) is 21.3 Å². The summed E-state index contributed by atoms with van der Waals surface area (Å²) >= 11 is 0. The summed E-state index contributed by atoms with van der Waals surface area (Å²) in [4.78, 5) is 17.2. The summed E-state index contributed by atoms with van der Waals surface area (Å²) in [5.74, 6) is 1.24. The highest BCUT2D eigenvalue weighted by Gasteiger charge is 2.15. The summed E-state index contributed by atoms with van der Waals surface area (Å²) in [6.45, 7) is 1.83. The Morgan fingerprint density at radius 3 is 2.27 bits per heavy atom. The van der Waals surface area contributed by atoms with Gasteiger partial charge in [-0.25, -0.2) is 4.98 Å². The number of carbonyl (C=O) groups excluding carboxylic acids is 1. The molecule has 0 bridgehead atoms. The predicted octanol–water partition coefficient (Wildman–Crippen LogP) is 4.68. The zero-order chi connectivity index (χ0) is 21.7. The minimum absolute atomic E-state index is 0.216. The molecule has 0 aliphatic rings. The molecule has 0 amide bonds. The number of phenols is 1. The molecule has 0 atom stereocenters. The molecule has 3 rings (SSSR count). The summed E-state index contributed by atoms with van der Waals surface area (Å²) in [5.41, 5.74) is 3.32. The zero-order valence-electron chi connectivity index (χ0n) is 17.3. The van der Waals surface area contributed by atoms with Gasteiger partial charge in [-0.05, 0) is 55.0 Å². The molecule has 2 aromatic carbocycles. The molecule has 3 aromatic rings. The van der Waals surface area contributed by atoms with Gasteiger partial charge < -0.3 is 19.3 Å². The fraction of sp³-hybridized carbons (Fsp3) is 0.167. The molecule has 6 nitrogen and oxygen atoms in total. The van der Waals surface area contributed by atoms with E-state index < -0.39 is 0 Å². The van der Waals surface area contributed by atoms with Crippen LogP contribution in [0.3, 0.4) is 0 Å². The highest BCUT2D eigenvalue weighted by atomic mass is 16.5.